The van der Waals surface area contributed by atoms with Crippen LogP contribution in [0.25, 0.3) is 11.0 Å². The molecule has 2 aromatic carbocycles. The summed E-state index contributed by atoms with van der Waals surface area (Å²) < 4.78 is 22.4. The molecule has 0 N–H and O–H groups in total. The molecule has 3 rings (SSSR count). The number of hydrogen-bond donors (Lipinski definition) is 0. The van der Waals surface area contributed by atoms with Gasteiger partial charge in [0.15, 0.2) is 6.10 Å². The molecule has 0 saturated heterocycles. The number of benzene rings is 2. The number of carbonyl (C=O) groups is 1. The molecule has 0 radical (unpaired) electrons. The highest BCUT2D eigenvalue weighted by atomic mass is 16.6. The number of hydrogen-bond acceptors (Lipinski definition) is 6. The summed E-state index contributed by atoms with van der Waals surface area (Å²) >= 11 is 0. The minimum Gasteiger partial charge on any atom is -0.479 e. The second-order valence-corrected chi connectivity index (χ2v) is 7.07. The summed E-state index contributed by atoms with van der Waals surface area (Å²) in [5, 5.41) is 0.365. The quantitative estimate of drug-likeness (QED) is 0.472. The van der Waals surface area contributed by atoms with Crippen molar-refractivity contribution in [3.63, 3.8) is 0 Å². The number of rotatable bonds is 8. The van der Waals surface area contributed by atoms with Gasteiger partial charge in [0, 0.05) is 6.07 Å². The Labute approximate surface area is 175 Å². The minimum atomic E-state index is -0.781. The molecule has 0 aliphatic heterocycles. The molecule has 6 nitrogen and oxygen atoms in total. The van der Waals surface area contributed by atoms with Gasteiger partial charge >= 0.3 is 5.97 Å². The van der Waals surface area contributed by atoms with E-state index in [0.717, 1.165) is 18.4 Å². The molecule has 6 heteroatoms. The molecule has 158 valence electrons. The fourth-order valence-corrected chi connectivity index (χ4v) is 2.88. The van der Waals surface area contributed by atoms with Crippen LogP contribution in [0.1, 0.15) is 39.7 Å². The van der Waals surface area contributed by atoms with Gasteiger partial charge in [-0.1, -0.05) is 32.0 Å². The van der Waals surface area contributed by atoms with E-state index in [0.29, 0.717) is 22.5 Å². The SMILES string of the molecule is CCc1ccccc1Oc1coc2cc(OC(C)C(=O)OC(C)CC)ccc2c1=O. The monoisotopic (exact) mass is 410 g/mol. The van der Waals surface area contributed by atoms with E-state index in [9.17, 15) is 9.59 Å². The summed E-state index contributed by atoms with van der Waals surface area (Å²) in [5.41, 5.74) is 1.06. The van der Waals surface area contributed by atoms with Crippen LogP contribution in [0.2, 0.25) is 0 Å². The Hall–Kier alpha value is -3.28. The molecule has 30 heavy (non-hydrogen) atoms. The zero-order valence-corrected chi connectivity index (χ0v) is 17.6. The van der Waals surface area contributed by atoms with Gasteiger partial charge in [0.1, 0.15) is 23.3 Å². The van der Waals surface area contributed by atoms with Crippen molar-refractivity contribution < 1.29 is 23.4 Å². The highest BCUT2D eigenvalue weighted by molar-refractivity contribution is 5.79. The summed E-state index contributed by atoms with van der Waals surface area (Å²) in [6.07, 6.45) is 1.85. The van der Waals surface area contributed by atoms with Gasteiger partial charge in [-0.2, -0.15) is 0 Å². The Morgan fingerprint density at radius 1 is 1.07 bits per heavy atom. The number of esters is 1. The van der Waals surface area contributed by atoms with Gasteiger partial charge in [0.25, 0.3) is 0 Å². The maximum absolute atomic E-state index is 12.8. The number of para-hydroxylation sites is 1. The van der Waals surface area contributed by atoms with Crippen LogP contribution in [-0.4, -0.2) is 18.2 Å². The topological polar surface area (TPSA) is 75.0 Å². The van der Waals surface area contributed by atoms with E-state index < -0.39 is 12.1 Å². The van der Waals surface area contributed by atoms with Crippen molar-refractivity contribution in [1.82, 2.24) is 0 Å². The number of fused-ring (bicyclic) bond motifs is 1. The van der Waals surface area contributed by atoms with E-state index in [2.05, 4.69) is 0 Å². The van der Waals surface area contributed by atoms with Crippen molar-refractivity contribution in [3.05, 3.63) is 64.5 Å². The summed E-state index contributed by atoms with van der Waals surface area (Å²) in [7, 11) is 0. The first-order valence-corrected chi connectivity index (χ1v) is 10.1. The van der Waals surface area contributed by atoms with Crippen molar-refractivity contribution in [3.8, 4) is 17.2 Å². The van der Waals surface area contributed by atoms with Gasteiger partial charge < -0.3 is 18.6 Å². The van der Waals surface area contributed by atoms with Crippen molar-refractivity contribution in [2.45, 2.75) is 52.7 Å². The lowest BCUT2D eigenvalue weighted by Crippen LogP contribution is -2.29. The van der Waals surface area contributed by atoms with E-state index in [1.165, 1.54) is 6.26 Å². The molecule has 2 atom stereocenters. The van der Waals surface area contributed by atoms with Crippen LogP contribution < -0.4 is 14.9 Å². The number of carbonyl (C=O) groups excluding carboxylic acids is 1. The van der Waals surface area contributed by atoms with Crippen LogP contribution in [0, 0.1) is 0 Å². The van der Waals surface area contributed by atoms with Crippen LogP contribution >= 0.6 is 0 Å². The molecule has 0 aliphatic carbocycles. The average Bonchev–Trinajstić information content (AvgIpc) is 2.75. The van der Waals surface area contributed by atoms with Gasteiger partial charge in [-0.15, -0.1) is 0 Å². The Morgan fingerprint density at radius 3 is 2.57 bits per heavy atom. The largest absolute Gasteiger partial charge is 0.479 e. The van der Waals surface area contributed by atoms with E-state index in [-0.39, 0.29) is 17.3 Å². The molecule has 1 aromatic heterocycles. The lowest BCUT2D eigenvalue weighted by molar-refractivity contribution is -0.155. The predicted octanol–water partition coefficient (Wildman–Crippen LogP) is 5.26. The fourth-order valence-electron chi connectivity index (χ4n) is 2.88. The first-order chi connectivity index (χ1) is 14.4. The second kappa shape index (κ2) is 9.48. The maximum Gasteiger partial charge on any atom is 0.347 e. The second-order valence-electron chi connectivity index (χ2n) is 7.07. The molecule has 0 amide bonds. The highest BCUT2D eigenvalue weighted by Crippen LogP contribution is 2.27. The lowest BCUT2D eigenvalue weighted by Gasteiger charge is -2.17. The zero-order valence-electron chi connectivity index (χ0n) is 17.6. The summed E-state index contributed by atoms with van der Waals surface area (Å²) in [6, 6.07) is 12.4. The van der Waals surface area contributed by atoms with Gasteiger partial charge in [-0.25, -0.2) is 4.79 Å². The number of aryl methyl sites for hydroxylation is 1. The van der Waals surface area contributed by atoms with Crippen LogP contribution in [0.4, 0.5) is 0 Å². The number of ether oxygens (including phenoxy) is 3. The third kappa shape index (κ3) is 4.82. The van der Waals surface area contributed by atoms with Gasteiger partial charge in [-0.05, 0) is 50.5 Å². The zero-order chi connectivity index (χ0) is 21.7. The molecule has 0 aliphatic rings. The van der Waals surface area contributed by atoms with Crippen molar-refractivity contribution >= 4 is 16.9 Å². The van der Waals surface area contributed by atoms with Crippen molar-refractivity contribution in [1.29, 1.82) is 0 Å². The molecule has 0 bridgehead atoms. The lowest BCUT2D eigenvalue weighted by atomic mass is 10.1. The third-order valence-corrected chi connectivity index (χ3v) is 4.82. The summed E-state index contributed by atoms with van der Waals surface area (Å²) in [6.45, 7) is 7.40. The van der Waals surface area contributed by atoms with E-state index in [4.69, 9.17) is 18.6 Å². The van der Waals surface area contributed by atoms with Crippen LogP contribution in [0.5, 0.6) is 17.2 Å². The average molecular weight is 410 g/mol. The van der Waals surface area contributed by atoms with Crippen LogP contribution in [0.15, 0.2) is 57.9 Å². The fraction of sp³-hybridized carbons (Fsp3) is 0.333. The Morgan fingerprint density at radius 2 is 1.83 bits per heavy atom. The molecular weight excluding hydrogens is 384 g/mol. The standard InChI is InChI=1S/C24H26O6/c1-5-15(3)28-24(26)16(4)29-18-11-12-19-21(13-18)27-14-22(23(19)25)30-20-10-8-7-9-17(20)6-2/h7-16H,5-6H2,1-4H3. The molecule has 1 heterocycles. The van der Waals surface area contributed by atoms with Gasteiger partial charge in [-0.3, -0.25) is 4.79 Å². The highest BCUT2D eigenvalue weighted by Gasteiger charge is 2.19. The van der Waals surface area contributed by atoms with Gasteiger partial charge in [0.2, 0.25) is 11.2 Å². The van der Waals surface area contributed by atoms with E-state index in [1.54, 1.807) is 25.1 Å². The Balaban J connectivity index is 1.81. The summed E-state index contributed by atoms with van der Waals surface area (Å²) in [4.78, 5) is 24.9. The van der Waals surface area contributed by atoms with Crippen LogP contribution in [-0.2, 0) is 16.0 Å². The van der Waals surface area contributed by atoms with E-state index in [1.807, 2.05) is 45.0 Å². The molecule has 2 unspecified atom stereocenters. The predicted molar refractivity (Wildman–Crippen MR) is 114 cm³/mol. The molecular formula is C24H26O6. The smallest absolute Gasteiger partial charge is 0.347 e. The van der Waals surface area contributed by atoms with E-state index >= 15 is 0 Å². The minimum absolute atomic E-state index is 0.113. The Bertz CT molecular complexity index is 1080. The maximum atomic E-state index is 12.8. The molecule has 0 saturated carbocycles. The third-order valence-electron chi connectivity index (χ3n) is 4.82. The normalized spacial score (nSPS) is 12.9. The molecule has 0 spiro atoms. The Kier molecular flexibility index (Phi) is 6.77. The van der Waals surface area contributed by atoms with Crippen molar-refractivity contribution in [2.75, 3.05) is 0 Å². The van der Waals surface area contributed by atoms with Crippen LogP contribution in [0.3, 0.4) is 0 Å². The first-order valence-electron chi connectivity index (χ1n) is 10.1. The first kappa shape index (κ1) is 21.4. The van der Waals surface area contributed by atoms with Gasteiger partial charge in [0.05, 0.1) is 11.5 Å². The molecule has 3 aromatic rings. The van der Waals surface area contributed by atoms with Crippen molar-refractivity contribution in [2.24, 2.45) is 0 Å². The molecule has 0 fully saturated rings. The summed E-state index contributed by atoms with van der Waals surface area (Å²) in [5.74, 6) is 0.705.